The van der Waals surface area contributed by atoms with E-state index in [1.165, 1.54) is 0 Å². The van der Waals surface area contributed by atoms with Gasteiger partial charge in [0, 0.05) is 31.7 Å². The van der Waals surface area contributed by atoms with Crippen LogP contribution in [0.15, 0.2) is 48.5 Å². The number of anilines is 1. The topological polar surface area (TPSA) is 79.9 Å². The van der Waals surface area contributed by atoms with E-state index < -0.39 is 0 Å². The molecule has 0 bridgehead atoms. The van der Waals surface area contributed by atoms with Crippen LogP contribution < -0.4 is 15.4 Å². The Balaban J connectivity index is 1.58. The number of methoxy groups -OCH3 is 1. The summed E-state index contributed by atoms with van der Waals surface area (Å²) in [7, 11) is 1.57. The first kappa shape index (κ1) is 21.8. The average molecular weight is 412 g/mol. The van der Waals surface area contributed by atoms with E-state index in [0.717, 1.165) is 19.6 Å². The minimum atomic E-state index is -0.283. The van der Waals surface area contributed by atoms with Gasteiger partial charge in [-0.05, 0) is 50.2 Å². The lowest BCUT2D eigenvalue weighted by Gasteiger charge is -2.35. The summed E-state index contributed by atoms with van der Waals surface area (Å²) in [4.78, 5) is 27.6. The smallest absolute Gasteiger partial charge is 0.255 e. The number of nitrogens with one attached hydrogen (secondary N) is 2. The molecule has 0 spiro atoms. The second kappa shape index (κ2) is 10.2. The molecule has 1 aliphatic rings. The monoisotopic (exact) mass is 411 g/mol. The maximum absolute atomic E-state index is 12.7. The van der Waals surface area contributed by atoms with Crippen LogP contribution in [0.2, 0.25) is 0 Å². The lowest BCUT2D eigenvalue weighted by molar-refractivity contribution is -0.0672. The SMILES string of the molecule is COc1ccc(C(=O)Nc2ccccc2C(=O)NCCN2CC(C)OC(C)C2)cc1. The van der Waals surface area contributed by atoms with Crippen molar-refractivity contribution < 1.29 is 19.1 Å². The number of nitrogens with zero attached hydrogens (tertiary/aromatic N) is 1. The van der Waals surface area contributed by atoms with Gasteiger partial charge in [-0.2, -0.15) is 0 Å². The highest BCUT2D eigenvalue weighted by molar-refractivity contribution is 6.09. The molecule has 7 nitrogen and oxygen atoms in total. The van der Waals surface area contributed by atoms with Gasteiger partial charge in [0.1, 0.15) is 5.75 Å². The predicted molar refractivity (Wildman–Crippen MR) is 116 cm³/mol. The molecule has 0 saturated carbocycles. The predicted octanol–water partition coefficient (Wildman–Crippen LogP) is 2.79. The molecule has 2 aromatic carbocycles. The van der Waals surface area contributed by atoms with Crippen molar-refractivity contribution in [1.29, 1.82) is 0 Å². The van der Waals surface area contributed by atoms with Gasteiger partial charge in [-0.15, -0.1) is 0 Å². The van der Waals surface area contributed by atoms with Crippen molar-refractivity contribution >= 4 is 17.5 Å². The van der Waals surface area contributed by atoms with Gasteiger partial charge in [0.15, 0.2) is 0 Å². The number of ether oxygens (including phenoxy) is 2. The molecule has 2 N–H and O–H groups in total. The molecular weight excluding hydrogens is 382 g/mol. The highest BCUT2D eigenvalue weighted by Crippen LogP contribution is 2.18. The number of hydrogen-bond donors (Lipinski definition) is 2. The molecule has 2 unspecified atom stereocenters. The molecule has 30 heavy (non-hydrogen) atoms. The summed E-state index contributed by atoms with van der Waals surface area (Å²) in [5, 5.41) is 5.78. The van der Waals surface area contributed by atoms with Gasteiger partial charge in [0.25, 0.3) is 11.8 Å². The first-order valence-electron chi connectivity index (χ1n) is 10.2. The van der Waals surface area contributed by atoms with E-state index in [2.05, 4.69) is 29.4 Å². The third-order valence-electron chi connectivity index (χ3n) is 4.98. The maximum atomic E-state index is 12.7. The first-order chi connectivity index (χ1) is 14.5. The molecule has 0 aliphatic carbocycles. The number of rotatable bonds is 7. The van der Waals surface area contributed by atoms with Gasteiger partial charge in [0.2, 0.25) is 0 Å². The molecular formula is C23H29N3O4. The van der Waals surface area contributed by atoms with Crippen LogP contribution in [-0.2, 0) is 4.74 Å². The molecule has 1 saturated heterocycles. The number of hydrogen-bond acceptors (Lipinski definition) is 5. The Morgan fingerprint density at radius 1 is 1.03 bits per heavy atom. The second-order valence-corrected chi connectivity index (χ2v) is 7.50. The largest absolute Gasteiger partial charge is 0.497 e. The van der Waals surface area contributed by atoms with Crippen LogP contribution in [0, 0.1) is 0 Å². The third kappa shape index (κ3) is 5.81. The minimum Gasteiger partial charge on any atom is -0.497 e. The number of para-hydroxylation sites is 1. The Kier molecular flexibility index (Phi) is 7.43. The number of amides is 2. The van der Waals surface area contributed by atoms with E-state index in [1.807, 2.05) is 0 Å². The van der Waals surface area contributed by atoms with Crippen LogP contribution in [0.5, 0.6) is 5.75 Å². The Morgan fingerprint density at radius 3 is 2.37 bits per heavy atom. The molecule has 2 atom stereocenters. The van der Waals surface area contributed by atoms with Crippen molar-refractivity contribution in [2.24, 2.45) is 0 Å². The van der Waals surface area contributed by atoms with E-state index in [-0.39, 0.29) is 24.0 Å². The molecule has 1 aliphatic heterocycles. The zero-order valence-electron chi connectivity index (χ0n) is 17.7. The zero-order chi connectivity index (χ0) is 21.5. The Hall–Kier alpha value is -2.90. The first-order valence-corrected chi connectivity index (χ1v) is 10.2. The van der Waals surface area contributed by atoms with Gasteiger partial charge in [0.05, 0.1) is 30.6 Å². The van der Waals surface area contributed by atoms with Crippen molar-refractivity contribution in [2.45, 2.75) is 26.1 Å². The van der Waals surface area contributed by atoms with Crippen molar-refractivity contribution in [3.63, 3.8) is 0 Å². The van der Waals surface area contributed by atoms with E-state index in [1.54, 1.807) is 55.6 Å². The van der Waals surface area contributed by atoms with Crippen LogP contribution in [0.4, 0.5) is 5.69 Å². The lowest BCUT2D eigenvalue weighted by Crippen LogP contribution is -2.47. The molecule has 1 fully saturated rings. The Bertz CT molecular complexity index is 859. The molecule has 2 amide bonds. The van der Waals surface area contributed by atoms with Crippen LogP contribution in [0.1, 0.15) is 34.6 Å². The molecule has 7 heteroatoms. The van der Waals surface area contributed by atoms with Crippen LogP contribution in [0.25, 0.3) is 0 Å². The number of morpholine rings is 1. The summed E-state index contributed by atoms with van der Waals surface area (Å²) in [6.07, 6.45) is 0.386. The Morgan fingerprint density at radius 2 is 1.70 bits per heavy atom. The van der Waals surface area contributed by atoms with E-state index >= 15 is 0 Å². The number of carbonyl (C=O) groups excluding carboxylic acids is 2. The summed E-state index contributed by atoms with van der Waals surface area (Å²) in [6, 6.07) is 13.8. The maximum Gasteiger partial charge on any atom is 0.255 e. The number of benzene rings is 2. The zero-order valence-corrected chi connectivity index (χ0v) is 17.7. The molecule has 0 aromatic heterocycles. The fourth-order valence-electron chi connectivity index (χ4n) is 3.62. The fourth-order valence-corrected chi connectivity index (χ4v) is 3.62. The highest BCUT2D eigenvalue weighted by atomic mass is 16.5. The quantitative estimate of drug-likeness (QED) is 0.732. The molecule has 3 rings (SSSR count). The molecule has 0 radical (unpaired) electrons. The summed E-state index contributed by atoms with van der Waals surface area (Å²) in [5.41, 5.74) is 1.40. The number of carbonyl (C=O) groups is 2. The van der Waals surface area contributed by atoms with E-state index in [0.29, 0.717) is 29.1 Å². The fraction of sp³-hybridized carbons (Fsp3) is 0.391. The normalized spacial score (nSPS) is 19.2. The van der Waals surface area contributed by atoms with E-state index in [9.17, 15) is 9.59 Å². The van der Waals surface area contributed by atoms with Crippen molar-refractivity contribution in [2.75, 3.05) is 38.6 Å². The molecule has 1 heterocycles. The van der Waals surface area contributed by atoms with Gasteiger partial charge in [-0.3, -0.25) is 14.5 Å². The standard InChI is InChI=1S/C23H29N3O4/c1-16-14-26(15-17(2)30-16)13-12-24-23(28)20-6-4-5-7-21(20)25-22(27)18-8-10-19(29-3)11-9-18/h4-11,16-17H,12-15H2,1-3H3,(H,24,28)(H,25,27). The van der Waals surface area contributed by atoms with Crippen molar-refractivity contribution in [1.82, 2.24) is 10.2 Å². The van der Waals surface area contributed by atoms with E-state index in [4.69, 9.17) is 9.47 Å². The Labute approximate surface area is 177 Å². The lowest BCUT2D eigenvalue weighted by atomic mass is 10.1. The van der Waals surface area contributed by atoms with Gasteiger partial charge < -0.3 is 20.1 Å². The summed E-state index contributed by atoms with van der Waals surface area (Å²) in [5.74, 6) is 0.180. The van der Waals surface area contributed by atoms with Crippen LogP contribution in [-0.4, -0.2) is 62.2 Å². The van der Waals surface area contributed by atoms with Gasteiger partial charge in [-0.25, -0.2) is 0 Å². The van der Waals surface area contributed by atoms with Gasteiger partial charge >= 0.3 is 0 Å². The van der Waals surface area contributed by atoms with Crippen molar-refractivity contribution in [3.05, 3.63) is 59.7 Å². The molecule has 2 aromatic rings. The van der Waals surface area contributed by atoms with Crippen LogP contribution in [0.3, 0.4) is 0 Å². The summed E-state index contributed by atoms with van der Waals surface area (Å²) in [6.45, 7) is 7.11. The molecule has 160 valence electrons. The summed E-state index contributed by atoms with van der Waals surface area (Å²) >= 11 is 0. The highest BCUT2D eigenvalue weighted by Gasteiger charge is 2.22. The van der Waals surface area contributed by atoms with Crippen molar-refractivity contribution in [3.8, 4) is 5.75 Å². The second-order valence-electron chi connectivity index (χ2n) is 7.50. The summed E-state index contributed by atoms with van der Waals surface area (Å²) < 4.78 is 10.9. The average Bonchev–Trinajstić information content (AvgIpc) is 2.73. The van der Waals surface area contributed by atoms with Crippen LogP contribution >= 0.6 is 0 Å². The third-order valence-corrected chi connectivity index (χ3v) is 4.98. The minimum absolute atomic E-state index is 0.193. The van der Waals surface area contributed by atoms with Gasteiger partial charge in [-0.1, -0.05) is 12.1 Å².